The summed E-state index contributed by atoms with van der Waals surface area (Å²) in [6.07, 6.45) is 0. The summed E-state index contributed by atoms with van der Waals surface area (Å²) in [5.74, 6) is -0.335. The van der Waals surface area contributed by atoms with Gasteiger partial charge in [0, 0.05) is 12.4 Å². The largest absolute Gasteiger partial charge is 0.357 e. The molecule has 6 heteroatoms. The standard InChI is InChI=1S/C14H14N2O3S/c1-9(14(17)15-2)16-11-7-3-5-10-6-4-8-12(13(10)11)20(16,18)19/h3-9H,1-2H3,(H,15,17)/t9-/m0/s1. The Morgan fingerprint density at radius 2 is 1.85 bits per heavy atom. The molecular weight excluding hydrogens is 276 g/mol. The number of nitrogens with one attached hydrogen (secondary N) is 1. The maximum atomic E-state index is 12.7. The topological polar surface area (TPSA) is 66.5 Å². The molecule has 0 spiro atoms. The first-order chi connectivity index (χ1) is 9.48. The molecule has 2 aromatic rings. The van der Waals surface area contributed by atoms with E-state index in [0.717, 1.165) is 5.39 Å². The molecule has 0 fully saturated rings. The molecule has 1 heterocycles. The van der Waals surface area contributed by atoms with Gasteiger partial charge in [-0.1, -0.05) is 24.3 Å². The van der Waals surface area contributed by atoms with Crippen molar-refractivity contribution in [3.05, 3.63) is 36.4 Å². The van der Waals surface area contributed by atoms with Gasteiger partial charge in [-0.2, -0.15) is 0 Å². The van der Waals surface area contributed by atoms with Crippen LogP contribution in [0.5, 0.6) is 0 Å². The van der Waals surface area contributed by atoms with E-state index in [1.807, 2.05) is 12.1 Å². The minimum atomic E-state index is -3.68. The maximum Gasteiger partial charge on any atom is 0.265 e. The number of anilines is 1. The fourth-order valence-corrected chi connectivity index (χ4v) is 4.52. The third-order valence-electron chi connectivity index (χ3n) is 3.60. The van der Waals surface area contributed by atoms with Crippen molar-refractivity contribution in [3.8, 4) is 0 Å². The second-order valence-corrected chi connectivity index (χ2v) is 6.51. The van der Waals surface area contributed by atoms with Crippen LogP contribution < -0.4 is 9.62 Å². The van der Waals surface area contributed by atoms with Crippen LogP contribution in [0.1, 0.15) is 6.92 Å². The van der Waals surface area contributed by atoms with Crippen LogP contribution in [0.3, 0.4) is 0 Å². The van der Waals surface area contributed by atoms with Gasteiger partial charge in [0.05, 0.1) is 10.6 Å². The smallest absolute Gasteiger partial charge is 0.265 e. The fourth-order valence-electron chi connectivity index (χ4n) is 2.65. The van der Waals surface area contributed by atoms with Crippen molar-refractivity contribution < 1.29 is 13.2 Å². The minimum Gasteiger partial charge on any atom is -0.357 e. The van der Waals surface area contributed by atoms with Crippen LogP contribution in [0.25, 0.3) is 10.8 Å². The Kier molecular flexibility index (Phi) is 2.72. The molecule has 0 unspecified atom stereocenters. The van der Waals surface area contributed by atoms with E-state index >= 15 is 0 Å². The molecule has 1 aliphatic heterocycles. The Morgan fingerprint density at radius 3 is 2.50 bits per heavy atom. The van der Waals surface area contributed by atoms with Crippen LogP contribution in [-0.2, 0) is 14.8 Å². The van der Waals surface area contributed by atoms with Gasteiger partial charge in [-0.25, -0.2) is 8.42 Å². The van der Waals surface area contributed by atoms with Crippen LogP contribution in [0.4, 0.5) is 5.69 Å². The molecule has 1 aliphatic rings. The fraction of sp³-hybridized carbons (Fsp3) is 0.214. The van der Waals surface area contributed by atoms with Gasteiger partial charge in [0.15, 0.2) is 0 Å². The second-order valence-electron chi connectivity index (χ2n) is 4.72. The van der Waals surface area contributed by atoms with E-state index in [0.29, 0.717) is 11.1 Å². The molecular formula is C14H14N2O3S. The molecule has 20 heavy (non-hydrogen) atoms. The van der Waals surface area contributed by atoms with E-state index in [2.05, 4.69) is 5.32 Å². The monoisotopic (exact) mass is 290 g/mol. The van der Waals surface area contributed by atoms with Crippen LogP contribution in [0.15, 0.2) is 41.3 Å². The number of hydrogen-bond donors (Lipinski definition) is 1. The molecule has 104 valence electrons. The molecule has 0 radical (unpaired) electrons. The Bertz CT molecular complexity index is 809. The molecule has 0 aliphatic carbocycles. The number of hydrogen-bond acceptors (Lipinski definition) is 3. The Morgan fingerprint density at radius 1 is 1.20 bits per heavy atom. The van der Waals surface area contributed by atoms with Gasteiger partial charge in [-0.05, 0) is 24.4 Å². The van der Waals surface area contributed by atoms with Crippen LogP contribution in [0.2, 0.25) is 0 Å². The first-order valence-corrected chi connectivity index (χ1v) is 7.70. The van der Waals surface area contributed by atoms with E-state index in [9.17, 15) is 13.2 Å². The summed E-state index contributed by atoms with van der Waals surface area (Å²) in [6, 6.07) is 9.77. The summed E-state index contributed by atoms with van der Waals surface area (Å²) in [7, 11) is -2.19. The highest BCUT2D eigenvalue weighted by Gasteiger charge is 2.40. The molecule has 0 bridgehead atoms. The molecule has 3 rings (SSSR count). The third kappa shape index (κ3) is 1.54. The Balaban J connectivity index is 2.31. The van der Waals surface area contributed by atoms with Gasteiger partial charge in [0.2, 0.25) is 5.91 Å². The van der Waals surface area contributed by atoms with Crippen molar-refractivity contribution in [2.75, 3.05) is 11.4 Å². The highest BCUT2D eigenvalue weighted by atomic mass is 32.2. The number of benzene rings is 2. The van der Waals surface area contributed by atoms with Gasteiger partial charge >= 0.3 is 0 Å². The number of amides is 1. The van der Waals surface area contributed by atoms with Crippen molar-refractivity contribution >= 4 is 32.4 Å². The van der Waals surface area contributed by atoms with E-state index < -0.39 is 16.1 Å². The van der Waals surface area contributed by atoms with E-state index in [1.54, 1.807) is 31.2 Å². The minimum absolute atomic E-state index is 0.265. The van der Waals surface area contributed by atoms with Crippen LogP contribution >= 0.6 is 0 Å². The van der Waals surface area contributed by atoms with Crippen LogP contribution in [-0.4, -0.2) is 27.4 Å². The Hall–Kier alpha value is -2.08. The summed E-state index contributed by atoms with van der Waals surface area (Å²) >= 11 is 0. The second kappa shape index (κ2) is 4.21. The third-order valence-corrected chi connectivity index (χ3v) is 5.52. The molecule has 0 saturated carbocycles. The number of carbonyl (C=O) groups excluding carboxylic acids is 1. The van der Waals surface area contributed by atoms with Gasteiger partial charge < -0.3 is 5.32 Å². The van der Waals surface area contributed by atoms with Crippen molar-refractivity contribution in [2.24, 2.45) is 0 Å². The van der Waals surface area contributed by atoms with Crippen molar-refractivity contribution in [2.45, 2.75) is 17.9 Å². The average molecular weight is 290 g/mol. The van der Waals surface area contributed by atoms with Gasteiger partial charge in [0.1, 0.15) is 6.04 Å². The lowest BCUT2D eigenvalue weighted by Gasteiger charge is -2.24. The van der Waals surface area contributed by atoms with E-state index in [-0.39, 0.29) is 10.8 Å². The molecule has 1 amide bonds. The number of carbonyl (C=O) groups is 1. The SMILES string of the molecule is CNC(=O)[C@H](C)N1c2cccc3cccc(c23)S1(=O)=O. The lowest BCUT2D eigenvalue weighted by molar-refractivity contribution is -0.121. The zero-order valence-electron chi connectivity index (χ0n) is 11.1. The number of sulfonamides is 1. The summed E-state index contributed by atoms with van der Waals surface area (Å²) < 4.78 is 26.5. The quantitative estimate of drug-likeness (QED) is 0.911. The summed E-state index contributed by atoms with van der Waals surface area (Å²) in [4.78, 5) is 12.1. The average Bonchev–Trinajstić information content (AvgIpc) is 2.68. The number of nitrogens with zero attached hydrogens (tertiary/aromatic N) is 1. The predicted octanol–water partition coefficient (Wildman–Crippen LogP) is 1.48. The van der Waals surface area contributed by atoms with Crippen molar-refractivity contribution in [1.29, 1.82) is 0 Å². The van der Waals surface area contributed by atoms with Gasteiger partial charge in [-0.15, -0.1) is 0 Å². The normalized spacial score (nSPS) is 17.2. The van der Waals surface area contributed by atoms with E-state index in [4.69, 9.17) is 0 Å². The highest BCUT2D eigenvalue weighted by Crippen LogP contribution is 2.42. The van der Waals surface area contributed by atoms with Crippen molar-refractivity contribution in [1.82, 2.24) is 5.32 Å². The summed E-state index contributed by atoms with van der Waals surface area (Å²) in [6.45, 7) is 1.58. The zero-order chi connectivity index (χ0) is 14.5. The van der Waals surface area contributed by atoms with Gasteiger partial charge in [0.25, 0.3) is 10.0 Å². The van der Waals surface area contributed by atoms with Gasteiger partial charge in [-0.3, -0.25) is 9.10 Å². The summed E-state index contributed by atoms with van der Waals surface area (Å²) in [5.41, 5.74) is 0.564. The lowest BCUT2D eigenvalue weighted by atomic mass is 10.1. The number of rotatable bonds is 2. The predicted molar refractivity (Wildman–Crippen MR) is 77.1 cm³/mol. The first-order valence-electron chi connectivity index (χ1n) is 6.26. The van der Waals surface area contributed by atoms with Crippen LogP contribution in [0, 0.1) is 0 Å². The molecule has 5 nitrogen and oxygen atoms in total. The molecule has 1 N–H and O–H groups in total. The highest BCUT2D eigenvalue weighted by molar-refractivity contribution is 7.93. The lowest BCUT2D eigenvalue weighted by Crippen LogP contribution is -2.45. The molecule has 0 saturated heterocycles. The zero-order valence-corrected chi connectivity index (χ0v) is 11.9. The maximum absolute atomic E-state index is 12.7. The molecule has 2 aromatic carbocycles. The molecule has 1 atom stereocenters. The Labute approximate surface area is 117 Å². The summed E-state index contributed by atoms with van der Waals surface area (Å²) in [5, 5.41) is 4.04. The first kappa shape index (κ1) is 12.9. The van der Waals surface area contributed by atoms with Crippen molar-refractivity contribution in [3.63, 3.8) is 0 Å². The molecule has 0 aromatic heterocycles. The number of likely N-dealkylation sites (N-methyl/N-ethyl adjacent to an activating group) is 1. The van der Waals surface area contributed by atoms with E-state index in [1.165, 1.54) is 11.4 Å².